The topological polar surface area (TPSA) is 34.9 Å². The molecule has 2 aromatic carbocycles. The summed E-state index contributed by atoms with van der Waals surface area (Å²) >= 11 is 0. The Labute approximate surface area is 124 Å². The Morgan fingerprint density at radius 2 is 1.95 bits per heavy atom. The van der Waals surface area contributed by atoms with Gasteiger partial charge in [0.1, 0.15) is 0 Å². The van der Waals surface area contributed by atoms with Crippen molar-refractivity contribution in [3.8, 4) is 0 Å². The average molecular weight is 278 g/mol. The second kappa shape index (κ2) is 5.52. The molecule has 1 heterocycles. The molecule has 0 atom stereocenters. The SMILES string of the molecule is CCn1nc(CC(=O)c2cccc(C)c2)c2ccccc21. The zero-order chi connectivity index (χ0) is 14.8. The van der Waals surface area contributed by atoms with Crippen molar-refractivity contribution in [2.24, 2.45) is 0 Å². The Balaban J connectivity index is 1.97. The van der Waals surface area contributed by atoms with E-state index < -0.39 is 0 Å². The number of para-hydroxylation sites is 1. The summed E-state index contributed by atoms with van der Waals surface area (Å²) in [5.41, 5.74) is 3.81. The molecule has 0 spiro atoms. The van der Waals surface area contributed by atoms with Crippen LogP contribution in [-0.2, 0) is 13.0 Å². The van der Waals surface area contributed by atoms with E-state index in [4.69, 9.17) is 0 Å². The van der Waals surface area contributed by atoms with E-state index in [1.807, 2.05) is 60.1 Å². The number of benzene rings is 2. The van der Waals surface area contributed by atoms with Crippen LogP contribution in [0.2, 0.25) is 0 Å². The summed E-state index contributed by atoms with van der Waals surface area (Å²) in [6.45, 7) is 4.86. The molecule has 0 N–H and O–H groups in total. The fraction of sp³-hybridized carbons (Fsp3) is 0.222. The van der Waals surface area contributed by atoms with Crippen molar-refractivity contribution in [3.63, 3.8) is 0 Å². The number of aromatic nitrogens is 2. The summed E-state index contributed by atoms with van der Waals surface area (Å²) in [5.74, 6) is 0.116. The Bertz CT molecular complexity index is 802. The Morgan fingerprint density at radius 3 is 2.71 bits per heavy atom. The van der Waals surface area contributed by atoms with Gasteiger partial charge in [-0.3, -0.25) is 9.48 Å². The van der Waals surface area contributed by atoms with Crippen LogP contribution in [0.25, 0.3) is 10.9 Å². The van der Waals surface area contributed by atoms with Gasteiger partial charge in [-0.2, -0.15) is 5.10 Å². The predicted molar refractivity (Wildman–Crippen MR) is 84.6 cm³/mol. The first-order chi connectivity index (χ1) is 10.2. The minimum atomic E-state index is 0.116. The molecule has 0 bridgehead atoms. The highest BCUT2D eigenvalue weighted by Crippen LogP contribution is 2.20. The number of Topliss-reactive ketones (excluding diaryl/α,β-unsaturated/α-hetero) is 1. The lowest BCUT2D eigenvalue weighted by atomic mass is 10.0. The third-order valence-electron chi connectivity index (χ3n) is 3.70. The van der Waals surface area contributed by atoms with Gasteiger partial charge in [-0.15, -0.1) is 0 Å². The maximum Gasteiger partial charge on any atom is 0.168 e. The van der Waals surface area contributed by atoms with E-state index in [1.165, 1.54) is 0 Å². The molecule has 0 aliphatic heterocycles. The summed E-state index contributed by atoms with van der Waals surface area (Å²) in [4.78, 5) is 12.5. The highest BCUT2D eigenvalue weighted by molar-refractivity contribution is 5.99. The van der Waals surface area contributed by atoms with E-state index in [-0.39, 0.29) is 5.78 Å². The van der Waals surface area contributed by atoms with Crippen molar-refractivity contribution in [2.45, 2.75) is 26.8 Å². The highest BCUT2D eigenvalue weighted by atomic mass is 16.1. The fourth-order valence-corrected chi connectivity index (χ4v) is 2.64. The zero-order valence-corrected chi connectivity index (χ0v) is 12.3. The number of fused-ring (bicyclic) bond motifs is 1. The van der Waals surface area contributed by atoms with Crippen molar-refractivity contribution in [3.05, 3.63) is 65.4 Å². The first-order valence-electron chi connectivity index (χ1n) is 7.23. The molecule has 0 amide bonds. The number of carbonyl (C=O) groups is 1. The lowest BCUT2D eigenvalue weighted by Crippen LogP contribution is -2.05. The van der Waals surface area contributed by atoms with E-state index in [2.05, 4.69) is 12.0 Å². The van der Waals surface area contributed by atoms with Gasteiger partial charge in [0.15, 0.2) is 5.78 Å². The second-order valence-electron chi connectivity index (χ2n) is 5.25. The molecule has 0 aliphatic carbocycles. The molecule has 21 heavy (non-hydrogen) atoms. The van der Waals surface area contributed by atoms with E-state index in [1.54, 1.807) is 0 Å². The molecular formula is C18H18N2O. The lowest BCUT2D eigenvalue weighted by Gasteiger charge is -2.01. The van der Waals surface area contributed by atoms with E-state index in [0.717, 1.165) is 34.3 Å². The Kier molecular flexibility index (Phi) is 3.57. The molecule has 0 radical (unpaired) electrons. The standard InChI is InChI=1S/C18H18N2O/c1-3-20-17-10-5-4-9-15(17)16(19-20)12-18(21)14-8-6-7-13(2)11-14/h4-11H,3,12H2,1-2H3. The second-order valence-corrected chi connectivity index (χ2v) is 5.25. The van der Waals surface area contributed by atoms with E-state index in [0.29, 0.717) is 6.42 Å². The smallest absolute Gasteiger partial charge is 0.168 e. The molecule has 3 nitrogen and oxygen atoms in total. The molecule has 3 rings (SSSR count). The quantitative estimate of drug-likeness (QED) is 0.680. The van der Waals surface area contributed by atoms with Crippen LogP contribution in [0, 0.1) is 6.92 Å². The predicted octanol–water partition coefficient (Wildman–Crippen LogP) is 3.79. The molecule has 1 aromatic heterocycles. The number of carbonyl (C=O) groups excluding carboxylic acids is 1. The highest BCUT2D eigenvalue weighted by Gasteiger charge is 2.14. The first kappa shape index (κ1) is 13.6. The van der Waals surface area contributed by atoms with Crippen LogP contribution in [0.5, 0.6) is 0 Å². The first-order valence-corrected chi connectivity index (χ1v) is 7.23. The Morgan fingerprint density at radius 1 is 1.14 bits per heavy atom. The largest absolute Gasteiger partial charge is 0.294 e. The van der Waals surface area contributed by atoms with Gasteiger partial charge in [0.05, 0.1) is 17.6 Å². The molecule has 0 unspecified atom stereocenters. The van der Waals surface area contributed by atoms with Gasteiger partial charge in [0.25, 0.3) is 0 Å². The van der Waals surface area contributed by atoms with Crippen LogP contribution in [-0.4, -0.2) is 15.6 Å². The van der Waals surface area contributed by atoms with E-state index in [9.17, 15) is 4.79 Å². The number of aryl methyl sites for hydroxylation is 2. The van der Waals surface area contributed by atoms with Gasteiger partial charge in [0.2, 0.25) is 0 Å². The summed E-state index contributed by atoms with van der Waals surface area (Å²) in [7, 11) is 0. The van der Waals surface area contributed by atoms with Crippen molar-refractivity contribution in [2.75, 3.05) is 0 Å². The van der Waals surface area contributed by atoms with Crippen LogP contribution < -0.4 is 0 Å². The van der Waals surface area contributed by atoms with Gasteiger partial charge >= 0.3 is 0 Å². The Hall–Kier alpha value is -2.42. The van der Waals surface area contributed by atoms with Crippen molar-refractivity contribution in [1.82, 2.24) is 9.78 Å². The van der Waals surface area contributed by atoms with Gasteiger partial charge in [0, 0.05) is 17.5 Å². The van der Waals surface area contributed by atoms with Crippen LogP contribution >= 0.6 is 0 Å². The van der Waals surface area contributed by atoms with E-state index >= 15 is 0 Å². The summed E-state index contributed by atoms with van der Waals surface area (Å²) in [6.07, 6.45) is 0.344. The molecule has 0 fully saturated rings. The van der Waals surface area contributed by atoms with Crippen molar-refractivity contribution in [1.29, 1.82) is 0 Å². The summed E-state index contributed by atoms with van der Waals surface area (Å²) in [6, 6.07) is 15.8. The van der Waals surface area contributed by atoms with Gasteiger partial charge < -0.3 is 0 Å². The number of nitrogens with zero attached hydrogens (tertiary/aromatic N) is 2. The molecule has 3 aromatic rings. The molecule has 0 saturated heterocycles. The number of hydrogen-bond acceptors (Lipinski definition) is 2. The number of hydrogen-bond donors (Lipinski definition) is 0. The van der Waals surface area contributed by atoms with Crippen LogP contribution in [0.3, 0.4) is 0 Å². The lowest BCUT2D eigenvalue weighted by molar-refractivity contribution is 0.0992. The van der Waals surface area contributed by atoms with Crippen LogP contribution in [0.15, 0.2) is 48.5 Å². The molecule has 106 valence electrons. The summed E-state index contributed by atoms with van der Waals surface area (Å²) in [5, 5.41) is 5.66. The van der Waals surface area contributed by atoms with Gasteiger partial charge in [-0.05, 0) is 26.0 Å². The molecule has 0 saturated carbocycles. The monoisotopic (exact) mass is 278 g/mol. The van der Waals surface area contributed by atoms with Gasteiger partial charge in [-0.25, -0.2) is 0 Å². The fourth-order valence-electron chi connectivity index (χ4n) is 2.64. The third kappa shape index (κ3) is 2.59. The maximum absolute atomic E-state index is 12.5. The average Bonchev–Trinajstić information content (AvgIpc) is 2.85. The zero-order valence-electron chi connectivity index (χ0n) is 12.3. The van der Waals surface area contributed by atoms with Gasteiger partial charge in [-0.1, -0.05) is 42.0 Å². The minimum Gasteiger partial charge on any atom is -0.294 e. The maximum atomic E-state index is 12.5. The van der Waals surface area contributed by atoms with Crippen molar-refractivity contribution < 1.29 is 4.79 Å². The van der Waals surface area contributed by atoms with Crippen molar-refractivity contribution >= 4 is 16.7 Å². The van der Waals surface area contributed by atoms with Crippen LogP contribution in [0.4, 0.5) is 0 Å². The molecule has 0 aliphatic rings. The minimum absolute atomic E-state index is 0.116. The number of rotatable bonds is 4. The molecular weight excluding hydrogens is 260 g/mol. The van der Waals surface area contributed by atoms with Crippen LogP contribution in [0.1, 0.15) is 28.5 Å². The number of ketones is 1. The normalized spacial score (nSPS) is 11.0. The summed E-state index contributed by atoms with van der Waals surface area (Å²) < 4.78 is 1.95. The molecule has 3 heteroatoms. The third-order valence-corrected chi connectivity index (χ3v) is 3.70.